The number of hydrogen-bond donors (Lipinski definition) is 1. The van der Waals surface area contributed by atoms with Crippen molar-refractivity contribution in [1.29, 1.82) is 0 Å². The van der Waals surface area contributed by atoms with E-state index in [9.17, 15) is 4.79 Å². The predicted molar refractivity (Wildman–Crippen MR) is 106 cm³/mol. The zero-order chi connectivity index (χ0) is 18.1. The molecule has 0 spiro atoms. The molecule has 1 aliphatic rings. The van der Waals surface area contributed by atoms with Gasteiger partial charge in [0.2, 0.25) is 0 Å². The van der Waals surface area contributed by atoms with Crippen LogP contribution in [-0.2, 0) is 19.5 Å². The van der Waals surface area contributed by atoms with Gasteiger partial charge in [-0.3, -0.25) is 19.7 Å². The highest BCUT2D eigenvalue weighted by molar-refractivity contribution is 9.11. The van der Waals surface area contributed by atoms with E-state index in [-0.39, 0.29) is 5.56 Å². The Balaban J connectivity index is 1.61. The lowest BCUT2D eigenvalue weighted by molar-refractivity contribution is 0.241. The number of nitrogens with zero attached hydrogens (tertiary/aromatic N) is 4. The molecule has 0 aromatic carbocycles. The number of hydrogen-bond acceptors (Lipinski definition) is 5. The molecule has 26 heavy (non-hydrogen) atoms. The summed E-state index contributed by atoms with van der Waals surface area (Å²) in [5, 5.41) is 0. The topological polar surface area (TPSA) is 74.8 Å². The molecular formula is C18H15Br2N5O. The van der Waals surface area contributed by atoms with Crippen LogP contribution in [0, 0.1) is 0 Å². The summed E-state index contributed by atoms with van der Waals surface area (Å²) in [6, 6.07) is 3.73. The summed E-state index contributed by atoms with van der Waals surface area (Å²) in [5.41, 5.74) is 3.48. The van der Waals surface area contributed by atoms with Crippen LogP contribution in [0.15, 0.2) is 50.7 Å². The first-order valence-corrected chi connectivity index (χ1v) is 9.73. The molecular weight excluding hydrogens is 462 g/mol. The molecule has 3 aromatic heterocycles. The molecule has 3 aromatic rings. The Morgan fingerprint density at radius 2 is 1.96 bits per heavy atom. The minimum absolute atomic E-state index is 0.0774. The van der Waals surface area contributed by atoms with Crippen molar-refractivity contribution in [2.45, 2.75) is 19.5 Å². The second-order valence-electron chi connectivity index (χ2n) is 6.12. The van der Waals surface area contributed by atoms with Crippen LogP contribution in [0.25, 0.3) is 11.4 Å². The maximum absolute atomic E-state index is 12.6. The molecule has 0 aliphatic carbocycles. The Morgan fingerprint density at radius 1 is 1.15 bits per heavy atom. The quantitative estimate of drug-likeness (QED) is 0.627. The fraction of sp³-hybridized carbons (Fsp3) is 0.222. The summed E-state index contributed by atoms with van der Waals surface area (Å²) in [6.45, 7) is 2.15. The molecule has 0 radical (unpaired) electrons. The molecule has 4 heterocycles. The summed E-state index contributed by atoms with van der Waals surface area (Å²) in [7, 11) is 0. The van der Waals surface area contributed by atoms with E-state index < -0.39 is 0 Å². The summed E-state index contributed by atoms with van der Waals surface area (Å²) in [4.78, 5) is 30.7. The van der Waals surface area contributed by atoms with E-state index in [1.807, 2.05) is 12.1 Å². The van der Waals surface area contributed by atoms with Crippen LogP contribution in [0.3, 0.4) is 0 Å². The van der Waals surface area contributed by atoms with Crippen molar-refractivity contribution < 1.29 is 0 Å². The number of pyridine rings is 2. The van der Waals surface area contributed by atoms with Gasteiger partial charge in [-0.15, -0.1) is 0 Å². The van der Waals surface area contributed by atoms with Crippen LogP contribution in [0.2, 0.25) is 0 Å². The molecule has 4 rings (SSSR count). The Morgan fingerprint density at radius 3 is 2.69 bits per heavy atom. The van der Waals surface area contributed by atoms with Gasteiger partial charge in [-0.05, 0) is 49.6 Å². The first kappa shape index (κ1) is 17.5. The zero-order valence-corrected chi connectivity index (χ0v) is 16.9. The molecule has 6 nitrogen and oxygen atoms in total. The predicted octanol–water partition coefficient (Wildman–Crippen LogP) is 3.31. The molecule has 1 aliphatic heterocycles. The van der Waals surface area contributed by atoms with Crippen LogP contribution in [0.4, 0.5) is 0 Å². The summed E-state index contributed by atoms with van der Waals surface area (Å²) in [5.74, 6) is 0.579. The second-order valence-corrected chi connectivity index (χ2v) is 7.83. The van der Waals surface area contributed by atoms with Crippen molar-refractivity contribution in [3.8, 4) is 11.4 Å². The summed E-state index contributed by atoms with van der Waals surface area (Å²) >= 11 is 7.10. The average Bonchev–Trinajstić information content (AvgIpc) is 2.66. The molecule has 0 unspecified atom stereocenters. The largest absolute Gasteiger partial charge is 0.306 e. The van der Waals surface area contributed by atoms with Crippen molar-refractivity contribution >= 4 is 31.9 Å². The van der Waals surface area contributed by atoms with Gasteiger partial charge >= 0.3 is 0 Å². The Hall–Kier alpha value is -1.90. The monoisotopic (exact) mass is 475 g/mol. The van der Waals surface area contributed by atoms with Crippen molar-refractivity contribution in [3.63, 3.8) is 0 Å². The van der Waals surface area contributed by atoms with Crippen molar-refractivity contribution in [1.82, 2.24) is 24.8 Å². The number of halogens is 2. The maximum atomic E-state index is 12.6. The normalized spacial score (nSPS) is 14.2. The lowest BCUT2D eigenvalue weighted by Gasteiger charge is -2.28. The van der Waals surface area contributed by atoms with Crippen LogP contribution in [0.5, 0.6) is 0 Å². The van der Waals surface area contributed by atoms with Crippen molar-refractivity contribution in [2.75, 3.05) is 6.54 Å². The minimum Gasteiger partial charge on any atom is -0.306 e. The second kappa shape index (κ2) is 7.38. The first-order valence-electron chi connectivity index (χ1n) is 8.14. The molecule has 132 valence electrons. The van der Waals surface area contributed by atoms with Gasteiger partial charge in [-0.2, -0.15) is 0 Å². The lowest BCUT2D eigenvalue weighted by Crippen LogP contribution is -2.35. The van der Waals surface area contributed by atoms with Gasteiger partial charge in [-0.1, -0.05) is 0 Å². The Labute approximate surface area is 167 Å². The van der Waals surface area contributed by atoms with E-state index in [1.54, 1.807) is 24.8 Å². The van der Waals surface area contributed by atoms with Gasteiger partial charge < -0.3 is 4.98 Å². The fourth-order valence-corrected chi connectivity index (χ4v) is 4.25. The van der Waals surface area contributed by atoms with Gasteiger partial charge in [0.15, 0.2) is 0 Å². The standard InChI is InChI=1S/C18H15Br2N5O/c19-14-7-22-8-15(20)12(14)9-25-5-3-16-13(10-25)18(26)24-17(23-16)11-2-1-4-21-6-11/h1-2,4,6-8H,3,5,9-10H2,(H,23,24,26). The maximum Gasteiger partial charge on any atom is 0.255 e. The molecule has 0 saturated carbocycles. The van der Waals surface area contributed by atoms with E-state index in [4.69, 9.17) is 0 Å². The Bertz CT molecular complexity index is 986. The number of nitrogens with one attached hydrogen (secondary N) is 1. The summed E-state index contributed by atoms with van der Waals surface area (Å²) < 4.78 is 1.91. The van der Waals surface area contributed by atoms with E-state index in [0.29, 0.717) is 12.4 Å². The molecule has 0 fully saturated rings. The lowest BCUT2D eigenvalue weighted by atomic mass is 10.1. The molecule has 1 N–H and O–H groups in total. The number of rotatable bonds is 3. The first-order chi connectivity index (χ1) is 12.6. The fourth-order valence-electron chi connectivity index (χ4n) is 3.07. The zero-order valence-electron chi connectivity index (χ0n) is 13.7. The van der Waals surface area contributed by atoms with Gasteiger partial charge in [0.1, 0.15) is 5.82 Å². The highest BCUT2D eigenvalue weighted by Crippen LogP contribution is 2.27. The smallest absolute Gasteiger partial charge is 0.255 e. The SMILES string of the molecule is O=c1[nH]c(-c2cccnc2)nc2c1CN(Cc1c(Br)cncc1Br)CC2. The van der Waals surface area contributed by atoms with E-state index in [1.165, 1.54) is 0 Å². The minimum atomic E-state index is -0.0774. The number of aromatic amines is 1. The molecule has 0 bridgehead atoms. The highest BCUT2D eigenvalue weighted by Gasteiger charge is 2.22. The highest BCUT2D eigenvalue weighted by atomic mass is 79.9. The van der Waals surface area contributed by atoms with Gasteiger partial charge in [-0.25, -0.2) is 4.98 Å². The number of fused-ring (bicyclic) bond motifs is 1. The van der Waals surface area contributed by atoms with Crippen LogP contribution < -0.4 is 5.56 Å². The van der Waals surface area contributed by atoms with Gasteiger partial charge in [0, 0.05) is 65.4 Å². The van der Waals surface area contributed by atoms with Crippen molar-refractivity contribution in [3.05, 3.63) is 73.0 Å². The van der Waals surface area contributed by atoms with Crippen LogP contribution in [0.1, 0.15) is 16.8 Å². The molecule has 0 amide bonds. The third kappa shape index (κ3) is 3.49. The van der Waals surface area contributed by atoms with Gasteiger partial charge in [0.25, 0.3) is 5.56 Å². The van der Waals surface area contributed by atoms with E-state index in [0.717, 1.165) is 50.8 Å². The van der Waals surface area contributed by atoms with Crippen molar-refractivity contribution in [2.24, 2.45) is 0 Å². The van der Waals surface area contributed by atoms with Crippen LogP contribution >= 0.6 is 31.9 Å². The Kier molecular flexibility index (Phi) is 4.97. The summed E-state index contributed by atoms with van der Waals surface area (Å²) in [6.07, 6.45) is 7.72. The molecule has 0 saturated heterocycles. The van der Waals surface area contributed by atoms with E-state index in [2.05, 4.69) is 56.7 Å². The number of aromatic nitrogens is 4. The van der Waals surface area contributed by atoms with E-state index >= 15 is 0 Å². The van der Waals surface area contributed by atoms with Gasteiger partial charge in [0.05, 0.1) is 11.3 Å². The third-order valence-corrected chi connectivity index (χ3v) is 5.78. The molecule has 8 heteroatoms. The number of H-pyrrole nitrogens is 1. The third-order valence-electron chi connectivity index (χ3n) is 4.42. The molecule has 0 atom stereocenters. The van der Waals surface area contributed by atoms with Crippen LogP contribution in [-0.4, -0.2) is 31.4 Å². The average molecular weight is 477 g/mol.